The number of carbonyl (C=O) groups is 1. The van der Waals surface area contributed by atoms with Gasteiger partial charge in [0.1, 0.15) is 5.75 Å². The van der Waals surface area contributed by atoms with Crippen molar-refractivity contribution in [2.45, 2.75) is 141 Å². The Hall–Kier alpha value is -3.01. The summed E-state index contributed by atoms with van der Waals surface area (Å²) in [5.74, 6) is -0.629. The lowest BCUT2D eigenvalue weighted by atomic mass is 9.87. The van der Waals surface area contributed by atoms with Crippen LogP contribution >= 0.6 is 0 Å². The van der Waals surface area contributed by atoms with Crippen molar-refractivity contribution < 1.29 is 35.4 Å². The fourth-order valence-electron chi connectivity index (χ4n) is 6.21. The van der Waals surface area contributed by atoms with Crippen molar-refractivity contribution in [2.24, 2.45) is 0 Å². The molecule has 0 bridgehead atoms. The molecule has 0 saturated carbocycles. The largest absolute Gasteiger partial charge is 0.508 e. The molecule has 7 N–H and O–H groups in total. The molecule has 0 aliphatic heterocycles. The van der Waals surface area contributed by atoms with Crippen molar-refractivity contribution in [3.05, 3.63) is 88.5 Å². The van der Waals surface area contributed by atoms with Crippen LogP contribution in [0.1, 0.15) is 115 Å². The third-order valence-corrected chi connectivity index (χ3v) is 9.09. The smallest absolute Gasteiger partial charge is 0.303 e. The Balaban J connectivity index is 2.48. The maximum Gasteiger partial charge on any atom is 0.303 e. The Kier molecular flexibility index (Phi) is 20.1. The first-order valence-electron chi connectivity index (χ1n) is 18.4. The zero-order valence-electron chi connectivity index (χ0n) is 30.1. The Labute approximate surface area is 294 Å². The molecule has 0 fully saturated rings. The van der Waals surface area contributed by atoms with Gasteiger partial charge in [0.15, 0.2) is 0 Å². The molecule has 0 spiro atoms. The van der Waals surface area contributed by atoms with E-state index < -0.39 is 23.8 Å². The van der Waals surface area contributed by atoms with E-state index in [1.165, 1.54) is 11.1 Å². The summed E-state index contributed by atoms with van der Waals surface area (Å²) in [6.07, 6.45) is 12.9. The molecule has 0 amide bonds. The van der Waals surface area contributed by atoms with Crippen molar-refractivity contribution in [3.63, 3.8) is 0 Å². The van der Waals surface area contributed by atoms with Crippen molar-refractivity contribution >= 4 is 5.97 Å². The fourth-order valence-corrected chi connectivity index (χ4v) is 6.21. The first-order chi connectivity index (χ1) is 23.5. The van der Waals surface area contributed by atoms with Gasteiger partial charge in [0.05, 0.1) is 24.4 Å². The fraction of sp³-hybridized carbons (Fsp3) is 0.585. The second kappa shape index (κ2) is 23.4. The number of benzene rings is 2. The van der Waals surface area contributed by atoms with E-state index in [0.717, 1.165) is 68.1 Å². The third kappa shape index (κ3) is 18.0. The maximum atomic E-state index is 11.5. The van der Waals surface area contributed by atoms with Gasteiger partial charge in [-0.1, -0.05) is 101 Å². The number of aliphatic hydroxyl groups excluding tert-OH is 3. The molecule has 8 heteroatoms. The number of nitrogens with one attached hydrogen (secondary N) is 1. The highest BCUT2D eigenvalue weighted by molar-refractivity contribution is 5.66. The molecule has 4 atom stereocenters. The van der Waals surface area contributed by atoms with E-state index in [-0.39, 0.29) is 37.8 Å². The van der Waals surface area contributed by atoms with Crippen LogP contribution in [-0.2, 0) is 24.1 Å². The van der Waals surface area contributed by atoms with Crippen molar-refractivity contribution in [1.82, 2.24) is 5.32 Å². The first-order valence-corrected chi connectivity index (χ1v) is 18.4. The second-order valence-corrected chi connectivity index (χ2v) is 13.8. The number of unbranched alkanes of at least 4 members (excludes halogenated alkanes) is 5. The number of phenols is 1. The number of carboxylic acid groups (broad SMARTS) is 1. The van der Waals surface area contributed by atoms with Crippen LogP contribution in [0.25, 0.3) is 0 Å². The van der Waals surface area contributed by atoms with Gasteiger partial charge < -0.3 is 36.0 Å². The molecule has 0 aliphatic rings. The normalized spacial score (nSPS) is 15.5. The zero-order chi connectivity index (χ0) is 36.1. The van der Waals surface area contributed by atoms with E-state index in [9.17, 15) is 30.3 Å². The Bertz CT molecular complexity index is 1270. The minimum absolute atomic E-state index is 0.143. The average molecular weight is 682 g/mol. The summed E-state index contributed by atoms with van der Waals surface area (Å²) in [5.41, 5.74) is 4.17. The minimum Gasteiger partial charge on any atom is -0.508 e. The predicted molar refractivity (Wildman–Crippen MR) is 198 cm³/mol. The van der Waals surface area contributed by atoms with Crippen LogP contribution in [-0.4, -0.2) is 73.6 Å². The van der Waals surface area contributed by atoms with Gasteiger partial charge in [-0.2, -0.15) is 0 Å². The predicted octanol–water partition coefficient (Wildman–Crippen LogP) is 6.80. The number of hydrogen-bond acceptors (Lipinski definition) is 7. The van der Waals surface area contributed by atoms with Gasteiger partial charge >= 0.3 is 5.97 Å². The van der Waals surface area contributed by atoms with Crippen molar-refractivity contribution in [3.8, 4) is 5.75 Å². The molecular weight excluding hydrogens is 618 g/mol. The SMILES string of the molecule is CCCCC[C@H](O)/C=C/C(CCc1cccc(CC)c1)=C(\C[C@H](O)CO)[C@H](CCCCCCC(=O)O)NC[C@@](C)(O)Cc1ccc(O)cc1. The Morgan fingerprint density at radius 3 is 2.27 bits per heavy atom. The number of phenolic OH excluding ortho intramolecular Hbond substituents is 1. The van der Waals surface area contributed by atoms with Gasteiger partial charge in [0.25, 0.3) is 0 Å². The standard InChI is InChI=1S/C41H63NO7/c1-4-6-9-15-35(44)25-22-34(21-18-32-14-12-13-31(5-2)26-32)38(27-37(46)29-43)39(16-10-7-8-11-17-40(47)48)42-30-41(3,49)28-33-19-23-36(45)24-20-33/h12-14,19-20,22-26,35,37,39,42-46,49H,4-11,15-18,21,27-30H2,1-3H3,(H,47,48)/b25-22+,38-34+/t35-,37-,39-,41-/m0/s1. The van der Waals surface area contributed by atoms with Crippen LogP contribution in [0.5, 0.6) is 5.75 Å². The molecule has 8 nitrogen and oxygen atoms in total. The summed E-state index contributed by atoms with van der Waals surface area (Å²) in [6.45, 7) is 5.91. The number of hydrogen-bond donors (Lipinski definition) is 7. The number of allylic oxidation sites excluding steroid dienone is 2. The van der Waals surface area contributed by atoms with E-state index in [4.69, 9.17) is 5.11 Å². The number of aliphatic hydroxyl groups is 4. The molecule has 0 saturated heterocycles. The van der Waals surface area contributed by atoms with E-state index in [1.807, 2.05) is 12.2 Å². The number of aliphatic carboxylic acids is 1. The lowest BCUT2D eigenvalue weighted by Crippen LogP contribution is -2.45. The highest BCUT2D eigenvalue weighted by Crippen LogP contribution is 2.27. The number of aromatic hydroxyl groups is 1. The van der Waals surface area contributed by atoms with Gasteiger partial charge in [-0.15, -0.1) is 0 Å². The van der Waals surface area contributed by atoms with Gasteiger partial charge in [0, 0.05) is 25.4 Å². The monoisotopic (exact) mass is 681 g/mol. The minimum atomic E-state index is -1.12. The molecule has 2 aromatic rings. The molecule has 2 aromatic carbocycles. The summed E-state index contributed by atoms with van der Waals surface area (Å²) in [4.78, 5) is 11.0. The molecule has 0 heterocycles. The number of rotatable bonds is 26. The maximum absolute atomic E-state index is 11.5. The molecule has 0 unspecified atom stereocenters. The molecule has 0 aromatic heterocycles. The summed E-state index contributed by atoms with van der Waals surface area (Å²) in [6, 6.07) is 15.1. The molecule has 0 radical (unpaired) electrons. The van der Waals surface area contributed by atoms with Crippen LogP contribution in [0, 0.1) is 0 Å². The van der Waals surface area contributed by atoms with Crippen molar-refractivity contribution in [1.29, 1.82) is 0 Å². The molecular formula is C41H63NO7. The summed E-state index contributed by atoms with van der Waals surface area (Å²) in [7, 11) is 0. The topological polar surface area (TPSA) is 150 Å². The first kappa shape index (κ1) is 42.2. The molecule has 2 rings (SSSR count). The van der Waals surface area contributed by atoms with E-state index in [1.54, 1.807) is 31.2 Å². The Morgan fingerprint density at radius 1 is 0.898 bits per heavy atom. The highest BCUT2D eigenvalue weighted by atomic mass is 16.4. The number of carboxylic acids is 1. The van der Waals surface area contributed by atoms with Gasteiger partial charge in [-0.3, -0.25) is 4.79 Å². The van der Waals surface area contributed by atoms with Gasteiger partial charge in [0.2, 0.25) is 0 Å². The zero-order valence-corrected chi connectivity index (χ0v) is 30.1. The molecule has 49 heavy (non-hydrogen) atoms. The van der Waals surface area contributed by atoms with Crippen molar-refractivity contribution in [2.75, 3.05) is 13.2 Å². The summed E-state index contributed by atoms with van der Waals surface area (Å²) < 4.78 is 0. The van der Waals surface area contributed by atoms with Crippen LogP contribution in [0.3, 0.4) is 0 Å². The Morgan fingerprint density at radius 2 is 1.59 bits per heavy atom. The third-order valence-electron chi connectivity index (χ3n) is 9.09. The van der Waals surface area contributed by atoms with E-state index in [0.29, 0.717) is 32.1 Å². The lowest BCUT2D eigenvalue weighted by Gasteiger charge is -2.31. The van der Waals surface area contributed by atoms with Crippen LogP contribution < -0.4 is 5.32 Å². The summed E-state index contributed by atoms with van der Waals surface area (Å²) in [5, 5.41) is 65.5. The van der Waals surface area contributed by atoms with E-state index >= 15 is 0 Å². The second-order valence-electron chi connectivity index (χ2n) is 13.8. The quantitative estimate of drug-likeness (QED) is 0.0423. The van der Waals surface area contributed by atoms with Gasteiger partial charge in [-0.25, -0.2) is 0 Å². The van der Waals surface area contributed by atoms with Crippen LogP contribution in [0.15, 0.2) is 71.8 Å². The summed E-state index contributed by atoms with van der Waals surface area (Å²) >= 11 is 0. The van der Waals surface area contributed by atoms with E-state index in [2.05, 4.69) is 43.4 Å². The van der Waals surface area contributed by atoms with Gasteiger partial charge in [-0.05, 0) is 91.8 Å². The lowest BCUT2D eigenvalue weighted by molar-refractivity contribution is -0.137. The molecule has 274 valence electrons. The number of aryl methyl sites for hydroxylation is 2. The average Bonchev–Trinajstić information content (AvgIpc) is 3.07. The van der Waals surface area contributed by atoms with Crippen LogP contribution in [0.4, 0.5) is 0 Å². The highest BCUT2D eigenvalue weighted by Gasteiger charge is 2.26. The van der Waals surface area contributed by atoms with Crippen LogP contribution in [0.2, 0.25) is 0 Å². The molecule has 0 aliphatic carbocycles.